The molecule has 1 aromatic carbocycles. The second-order valence-electron chi connectivity index (χ2n) is 4.01. The Kier molecular flexibility index (Phi) is 4.77. The maximum absolute atomic E-state index is 10.6. The van der Waals surface area contributed by atoms with Gasteiger partial charge in [-0.05, 0) is 24.0 Å². The van der Waals surface area contributed by atoms with Crippen LogP contribution in [-0.2, 0) is 17.6 Å². The van der Waals surface area contributed by atoms with Crippen LogP contribution in [0.4, 0.5) is 0 Å². The van der Waals surface area contributed by atoms with E-state index in [2.05, 4.69) is 25.6 Å². The lowest BCUT2D eigenvalue weighted by molar-refractivity contribution is -0.132. The molecule has 0 heterocycles. The van der Waals surface area contributed by atoms with Crippen LogP contribution in [0.25, 0.3) is 0 Å². The van der Waals surface area contributed by atoms with E-state index in [9.17, 15) is 4.79 Å². The number of hydrogen-bond donors (Lipinski definition) is 1. The summed E-state index contributed by atoms with van der Waals surface area (Å²) in [5, 5.41) is 8.71. The van der Waals surface area contributed by atoms with E-state index in [0.29, 0.717) is 6.42 Å². The molecule has 2 nitrogen and oxygen atoms in total. The van der Waals surface area contributed by atoms with Crippen LogP contribution in [0, 0.1) is 0 Å². The first-order valence-corrected chi connectivity index (χ1v) is 5.62. The van der Waals surface area contributed by atoms with E-state index in [4.69, 9.17) is 5.11 Å². The van der Waals surface area contributed by atoms with Gasteiger partial charge in [0.05, 0.1) is 0 Å². The minimum Gasteiger partial charge on any atom is -0.478 e. The van der Waals surface area contributed by atoms with Crippen molar-refractivity contribution in [2.24, 2.45) is 0 Å². The minimum atomic E-state index is -0.921. The summed E-state index contributed by atoms with van der Waals surface area (Å²) in [6.07, 6.45) is 3.90. The third-order valence-corrected chi connectivity index (χ3v) is 2.56. The Hall–Kier alpha value is -1.57. The number of unbranched alkanes of at least 4 members (excludes halogenated alkanes) is 1. The first kappa shape index (κ1) is 12.5. The predicted molar refractivity (Wildman–Crippen MR) is 65.5 cm³/mol. The summed E-state index contributed by atoms with van der Waals surface area (Å²) in [7, 11) is 0. The van der Waals surface area contributed by atoms with Gasteiger partial charge in [-0.15, -0.1) is 0 Å². The standard InChI is InChI=1S/C14H18O2/c1-3-4-5-12-6-8-13(9-7-12)10-11(2)14(15)16/h6-9H,2-5,10H2,1H3,(H,15,16). The molecule has 0 aliphatic carbocycles. The topological polar surface area (TPSA) is 37.3 Å². The predicted octanol–water partition coefficient (Wildman–Crippen LogP) is 3.21. The van der Waals surface area contributed by atoms with Crippen molar-refractivity contribution in [1.82, 2.24) is 0 Å². The number of carbonyl (C=O) groups is 1. The lowest BCUT2D eigenvalue weighted by Gasteiger charge is -2.03. The number of hydrogen-bond acceptors (Lipinski definition) is 1. The van der Waals surface area contributed by atoms with Gasteiger partial charge < -0.3 is 5.11 Å². The Morgan fingerprint density at radius 3 is 2.31 bits per heavy atom. The smallest absolute Gasteiger partial charge is 0.331 e. The molecule has 1 aromatic rings. The van der Waals surface area contributed by atoms with Crippen LogP contribution in [0.3, 0.4) is 0 Å². The molecule has 0 bridgehead atoms. The van der Waals surface area contributed by atoms with E-state index in [1.54, 1.807) is 0 Å². The van der Waals surface area contributed by atoms with Crippen LogP contribution < -0.4 is 0 Å². The molecular weight excluding hydrogens is 200 g/mol. The molecule has 86 valence electrons. The normalized spacial score (nSPS) is 10.1. The fraction of sp³-hybridized carbons (Fsp3) is 0.357. The summed E-state index contributed by atoms with van der Waals surface area (Å²) in [6, 6.07) is 8.11. The van der Waals surface area contributed by atoms with Gasteiger partial charge in [-0.25, -0.2) is 4.79 Å². The van der Waals surface area contributed by atoms with Crippen LogP contribution in [0.2, 0.25) is 0 Å². The van der Waals surface area contributed by atoms with E-state index < -0.39 is 5.97 Å². The molecule has 0 fully saturated rings. The highest BCUT2D eigenvalue weighted by Crippen LogP contribution is 2.11. The Morgan fingerprint density at radius 1 is 1.25 bits per heavy atom. The van der Waals surface area contributed by atoms with Crippen molar-refractivity contribution >= 4 is 5.97 Å². The summed E-state index contributed by atoms with van der Waals surface area (Å²) < 4.78 is 0. The van der Waals surface area contributed by atoms with Crippen molar-refractivity contribution in [3.63, 3.8) is 0 Å². The van der Waals surface area contributed by atoms with Crippen molar-refractivity contribution in [3.05, 3.63) is 47.5 Å². The Morgan fingerprint density at radius 2 is 1.81 bits per heavy atom. The second kappa shape index (κ2) is 6.11. The molecule has 0 atom stereocenters. The highest BCUT2D eigenvalue weighted by Gasteiger charge is 2.04. The Balaban J connectivity index is 2.57. The number of rotatable bonds is 6. The molecule has 0 aliphatic heterocycles. The minimum absolute atomic E-state index is 0.237. The quantitative estimate of drug-likeness (QED) is 0.744. The molecule has 0 radical (unpaired) electrons. The summed E-state index contributed by atoms with van der Waals surface area (Å²) >= 11 is 0. The molecule has 1 N–H and O–H groups in total. The third kappa shape index (κ3) is 3.89. The fourth-order valence-electron chi connectivity index (χ4n) is 1.53. The third-order valence-electron chi connectivity index (χ3n) is 2.56. The molecule has 0 saturated heterocycles. The molecule has 1 rings (SSSR count). The molecule has 0 amide bonds. The van der Waals surface area contributed by atoms with E-state index in [-0.39, 0.29) is 5.57 Å². The van der Waals surface area contributed by atoms with Gasteiger partial charge >= 0.3 is 5.97 Å². The van der Waals surface area contributed by atoms with Gasteiger partial charge in [0, 0.05) is 12.0 Å². The first-order valence-electron chi connectivity index (χ1n) is 5.62. The highest BCUT2D eigenvalue weighted by molar-refractivity contribution is 5.86. The molecule has 0 saturated carbocycles. The lowest BCUT2D eigenvalue weighted by Crippen LogP contribution is -2.02. The highest BCUT2D eigenvalue weighted by atomic mass is 16.4. The number of carboxylic acid groups (broad SMARTS) is 1. The van der Waals surface area contributed by atoms with Crippen molar-refractivity contribution in [3.8, 4) is 0 Å². The zero-order valence-electron chi connectivity index (χ0n) is 9.70. The summed E-state index contributed by atoms with van der Waals surface area (Å²) in [5.74, 6) is -0.921. The maximum Gasteiger partial charge on any atom is 0.331 e. The first-order chi connectivity index (χ1) is 7.63. The molecule has 2 heteroatoms. The molecule has 0 aliphatic rings. The fourth-order valence-corrected chi connectivity index (χ4v) is 1.53. The van der Waals surface area contributed by atoms with E-state index in [1.165, 1.54) is 18.4 Å². The zero-order valence-corrected chi connectivity index (χ0v) is 9.70. The summed E-state index contributed by atoms with van der Waals surface area (Å²) in [5.41, 5.74) is 2.56. The maximum atomic E-state index is 10.6. The van der Waals surface area contributed by atoms with E-state index >= 15 is 0 Å². The molecule has 0 aromatic heterocycles. The zero-order chi connectivity index (χ0) is 12.0. The van der Waals surface area contributed by atoms with Crippen molar-refractivity contribution in [2.75, 3.05) is 0 Å². The number of benzene rings is 1. The van der Waals surface area contributed by atoms with Gasteiger partial charge in [-0.3, -0.25) is 0 Å². The van der Waals surface area contributed by atoms with E-state index in [0.717, 1.165) is 12.0 Å². The molecule has 0 unspecified atom stereocenters. The van der Waals surface area contributed by atoms with Crippen LogP contribution in [0.1, 0.15) is 30.9 Å². The van der Waals surface area contributed by atoms with Gasteiger partial charge in [-0.1, -0.05) is 44.2 Å². The van der Waals surface area contributed by atoms with Gasteiger partial charge in [0.1, 0.15) is 0 Å². The van der Waals surface area contributed by atoms with Crippen LogP contribution in [0.5, 0.6) is 0 Å². The monoisotopic (exact) mass is 218 g/mol. The van der Waals surface area contributed by atoms with Gasteiger partial charge in [-0.2, -0.15) is 0 Å². The van der Waals surface area contributed by atoms with Gasteiger partial charge in [0.2, 0.25) is 0 Å². The van der Waals surface area contributed by atoms with Gasteiger partial charge in [0.25, 0.3) is 0 Å². The summed E-state index contributed by atoms with van der Waals surface area (Å²) in [4.78, 5) is 10.6. The second-order valence-corrected chi connectivity index (χ2v) is 4.01. The lowest BCUT2D eigenvalue weighted by atomic mass is 10.0. The van der Waals surface area contributed by atoms with Gasteiger partial charge in [0.15, 0.2) is 0 Å². The van der Waals surface area contributed by atoms with Crippen LogP contribution in [-0.4, -0.2) is 11.1 Å². The Labute approximate surface area is 96.6 Å². The van der Waals surface area contributed by atoms with Crippen molar-refractivity contribution in [2.45, 2.75) is 32.6 Å². The van der Waals surface area contributed by atoms with Crippen LogP contribution in [0.15, 0.2) is 36.4 Å². The van der Waals surface area contributed by atoms with E-state index in [1.807, 2.05) is 12.1 Å². The molecule has 0 spiro atoms. The molecule has 16 heavy (non-hydrogen) atoms. The largest absolute Gasteiger partial charge is 0.478 e. The Bertz CT molecular complexity index is 363. The SMILES string of the molecule is C=C(Cc1ccc(CCCC)cc1)C(=O)O. The number of aliphatic carboxylic acids is 1. The number of carboxylic acids is 1. The van der Waals surface area contributed by atoms with Crippen molar-refractivity contribution in [1.29, 1.82) is 0 Å². The summed E-state index contributed by atoms with van der Waals surface area (Å²) in [6.45, 7) is 5.69. The average Bonchev–Trinajstić information content (AvgIpc) is 2.28. The number of aryl methyl sites for hydroxylation is 1. The average molecular weight is 218 g/mol. The molecular formula is C14H18O2. The van der Waals surface area contributed by atoms with Crippen LogP contribution >= 0.6 is 0 Å². The van der Waals surface area contributed by atoms with Crippen molar-refractivity contribution < 1.29 is 9.90 Å².